The summed E-state index contributed by atoms with van der Waals surface area (Å²) in [5.74, 6) is 1.08. The summed E-state index contributed by atoms with van der Waals surface area (Å²) in [4.78, 5) is 20.2. The highest BCUT2D eigenvalue weighted by atomic mass is 35.5. The lowest BCUT2D eigenvalue weighted by atomic mass is 9.71. The number of ether oxygens (including phenoxy) is 1. The molecule has 1 heterocycles. The van der Waals surface area contributed by atoms with E-state index in [1.54, 1.807) is 4.90 Å². The summed E-state index contributed by atoms with van der Waals surface area (Å²) in [5.41, 5.74) is 1.47. The van der Waals surface area contributed by atoms with Crippen LogP contribution in [0.25, 0.3) is 0 Å². The van der Waals surface area contributed by atoms with Crippen molar-refractivity contribution in [2.45, 2.75) is 58.0 Å². The minimum atomic E-state index is -0.999. The van der Waals surface area contributed by atoms with Crippen LogP contribution in [0.4, 0.5) is 4.79 Å². The highest BCUT2D eigenvalue weighted by molar-refractivity contribution is 6.64. The molecule has 0 saturated heterocycles. The van der Waals surface area contributed by atoms with Gasteiger partial charge in [0.15, 0.2) is 0 Å². The zero-order chi connectivity index (χ0) is 27.2. The number of hydrogen-bond donors (Lipinski definition) is 0. The maximum absolute atomic E-state index is 13.3. The van der Waals surface area contributed by atoms with Crippen LogP contribution >= 0.6 is 34.8 Å². The number of amides is 1. The Labute approximate surface area is 234 Å². The van der Waals surface area contributed by atoms with Gasteiger partial charge in [0.05, 0.1) is 12.2 Å². The summed E-state index contributed by atoms with van der Waals surface area (Å²) in [6, 6.07) is 21.0. The molecule has 0 saturated carbocycles. The molecule has 37 heavy (non-hydrogen) atoms. The first-order chi connectivity index (χ1) is 17.3. The van der Waals surface area contributed by atoms with Crippen molar-refractivity contribution in [3.63, 3.8) is 0 Å². The van der Waals surface area contributed by atoms with Gasteiger partial charge in [0.1, 0.15) is 22.7 Å². The molecule has 3 aromatic rings. The minimum absolute atomic E-state index is 0.132. The fraction of sp³-hybridized carbons (Fsp3) is 0.333. The Balaban J connectivity index is 2.07. The van der Waals surface area contributed by atoms with Gasteiger partial charge >= 0.3 is 5.37 Å². The van der Waals surface area contributed by atoms with Crippen molar-refractivity contribution in [3.05, 3.63) is 99.0 Å². The molecule has 1 amide bonds. The van der Waals surface area contributed by atoms with Gasteiger partial charge in [-0.2, -0.15) is 0 Å². The molecular formula is C30H31Cl3N2O2. The summed E-state index contributed by atoms with van der Waals surface area (Å²) < 4.78 is 6.03. The van der Waals surface area contributed by atoms with Crippen LogP contribution < -0.4 is 4.74 Å². The second-order valence-corrected chi connectivity index (χ2v) is 11.8. The molecule has 1 aliphatic rings. The van der Waals surface area contributed by atoms with Crippen molar-refractivity contribution in [3.8, 4) is 5.75 Å². The predicted molar refractivity (Wildman–Crippen MR) is 154 cm³/mol. The van der Waals surface area contributed by atoms with Crippen molar-refractivity contribution in [2.75, 3.05) is 6.61 Å². The molecular weight excluding hydrogens is 527 g/mol. The van der Waals surface area contributed by atoms with Gasteiger partial charge in [0.2, 0.25) is 0 Å². The van der Waals surface area contributed by atoms with E-state index in [-0.39, 0.29) is 5.41 Å². The SMILES string of the molecule is CCOc1ccc(C(C)(C)C)cc1C1=N[C@@](C)(c2ccc(Cl)cc2)[C@@](C)(c2ccc(Cl)cc2)N1C(=O)Cl. The van der Waals surface area contributed by atoms with Crippen molar-refractivity contribution >= 4 is 46.0 Å². The average molecular weight is 558 g/mol. The zero-order valence-electron chi connectivity index (χ0n) is 21.9. The summed E-state index contributed by atoms with van der Waals surface area (Å²) in [5, 5.41) is 0.571. The Morgan fingerprint density at radius 3 is 1.95 bits per heavy atom. The van der Waals surface area contributed by atoms with E-state index in [9.17, 15) is 4.79 Å². The number of carbonyl (C=O) groups excluding carboxylic acids is 1. The Hall–Kier alpha value is -2.53. The van der Waals surface area contributed by atoms with Crippen molar-refractivity contribution in [2.24, 2.45) is 4.99 Å². The molecule has 1 aliphatic heterocycles. The number of aliphatic imine (C=N–C) groups is 1. The molecule has 194 valence electrons. The van der Waals surface area contributed by atoms with E-state index in [1.165, 1.54) is 0 Å². The molecule has 0 fully saturated rings. The van der Waals surface area contributed by atoms with Gasteiger partial charge in [-0.15, -0.1) is 0 Å². The van der Waals surface area contributed by atoms with Crippen LogP contribution in [0.1, 0.15) is 63.8 Å². The number of carbonyl (C=O) groups is 1. The molecule has 0 unspecified atom stereocenters. The maximum atomic E-state index is 13.3. The topological polar surface area (TPSA) is 41.9 Å². The van der Waals surface area contributed by atoms with E-state index in [2.05, 4.69) is 20.8 Å². The lowest BCUT2D eigenvalue weighted by Crippen LogP contribution is -2.53. The molecule has 0 radical (unpaired) electrons. The van der Waals surface area contributed by atoms with E-state index in [0.717, 1.165) is 16.7 Å². The Kier molecular flexibility index (Phi) is 7.42. The van der Waals surface area contributed by atoms with Crippen molar-refractivity contribution < 1.29 is 9.53 Å². The molecule has 4 rings (SSSR count). The first kappa shape index (κ1) is 27.5. The van der Waals surface area contributed by atoms with Crippen LogP contribution in [-0.4, -0.2) is 22.7 Å². The molecule has 4 nitrogen and oxygen atoms in total. The lowest BCUT2D eigenvalue weighted by molar-refractivity contribution is 0.149. The highest BCUT2D eigenvalue weighted by Gasteiger charge is 2.59. The fourth-order valence-corrected chi connectivity index (χ4v) is 5.50. The molecule has 0 aromatic heterocycles. The third-order valence-corrected chi connectivity index (χ3v) is 7.98. The number of rotatable bonds is 5. The van der Waals surface area contributed by atoms with Gasteiger partial charge < -0.3 is 4.74 Å². The van der Waals surface area contributed by atoms with Crippen LogP contribution in [-0.2, 0) is 16.5 Å². The van der Waals surface area contributed by atoms with E-state index in [4.69, 9.17) is 44.5 Å². The van der Waals surface area contributed by atoms with Gasteiger partial charge in [0, 0.05) is 10.0 Å². The first-order valence-corrected chi connectivity index (χ1v) is 13.4. The minimum Gasteiger partial charge on any atom is -0.493 e. The molecule has 7 heteroatoms. The molecule has 0 bridgehead atoms. The third-order valence-electron chi connectivity index (χ3n) is 7.31. The van der Waals surface area contributed by atoms with E-state index < -0.39 is 16.4 Å². The quantitative estimate of drug-likeness (QED) is 0.232. The predicted octanol–water partition coefficient (Wildman–Crippen LogP) is 8.94. The second kappa shape index (κ2) is 9.98. The zero-order valence-corrected chi connectivity index (χ0v) is 24.2. The monoisotopic (exact) mass is 556 g/mol. The fourth-order valence-electron chi connectivity index (χ4n) is 5.00. The van der Waals surface area contributed by atoms with Crippen LogP contribution in [0, 0.1) is 0 Å². The van der Waals surface area contributed by atoms with Gasteiger partial charge in [-0.25, -0.2) is 0 Å². The highest BCUT2D eigenvalue weighted by Crippen LogP contribution is 2.54. The first-order valence-electron chi connectivity index (χ1n) is 12.2. The van der Waals surface area contributed by atoms with Crippen molar-refractivity contribution in [1.29, 1.82) is 0 Å². The molecule has 0 N–H and O–H groups in total. The summed E-state index contributed by atoms with van der Waals surface area (Å²) in [6.07, 6.45) is 0. The largest absolute Gasteiger partial charge is 0.493 e. The molecule has 0 aliphatic carbocycles. The van der Waals surface area contributed by atoms with E-state index >= 15 is 0 Å². The third kappa shape index (κ3) is 4.76. The standard InChI is InChI=1S/C30H31Cl3N2O2/c1-7-37-25-17-12-21(28(2,3)4)18-24(25)26-34-29(5,19-8-13-22(31)14-9-19)30(6,35(26)27(33)36)20-10-15-23(32)16-11-20/h8-18H,7H2,1-6H3/t29-,30+/m0/s1. The van der Waals surface area contributed by atoms with Gasteiger partial charge in [-0.3, -0.25) is 14.7 Å². The van der Waals surface area contributed by atoms with E-state index in [1.807, 2.05) is 87.5 Å². The van der Waals surface area contributed by atoms with Gasteiger partial charge in [-0.1, -0.05) is 74.3 Å². The normalized spacial score (nSPS) is 21.6. The smallest absolute Gasteiger partial charge is 0.322 e. The number of benzene rings is 3. The summed E-state index contributed by atoms with van der Waals surface area (Å²) in [7, 11) is 0. The Morgan fingerprint density at radius 1 is 0.919 bits per heavy atom. The number of hydrogen-bond acceptors (Lipinski definition) is 3. The van der Waals surface area contributed by atoms with Gasteiger partial charge in [0.25, 0.3) is 0 Å². The molecule has 3 aromatic carbocycles. The molecule has 0 spiro atoms. The lowest BCUT2D eigenvalue weighted by Gasteiger charge is -2.44. The second-order valence-electron chi connectivity index (χ2n) is 10.6. The van der Waals surface area contributed by atoms with Crippen LogP contribution in [0.3, 0.4) is 0 Å². The summed E-state index contributed by atoms with van der Waals surface area (Å²) in [6.45, 7) is 12.8. The Morgan fingerprint density at radius 2 is 1.46 bits per heavy atom. The maximum Gasteiger partial charge on any atom is 0.322 e. The average Bonchev–Trinajstić information content (AvgIpc) is 3.08. The van der Waals surface area contributed by atoms with Crippen LogP contribution in [0.5, 0.6) is 5.75 Å². The van der Waals surface area contributed by atoms with Gasteiger partial charge in [-0.05, 0) is 90.9 Å². The summed E-state index contributed by atoms with van der Waals surface area (Å²) >= 11 is 18.9. The number of halogens is 3. The van der Waals surface area contributed by atoms with Crippen molar-refractivity contribution in [1.82, 2.24) is 4.90 Å². The van der Waals surface area contributed by atoms with Crippen LogP contribution in [0.15, 0.2) is 71.7 Å². The molecule has 2 atom stereocenters. The van der Waals surface area contributed by atoms with Crippen LogP contribution in [0.2, 0.25) is 10.0 Å². The number of nitrogens with zero attached hydrogens (tertiary/aromatic N) is 2. The van der Waals surface area contributed by atoms with E-state index in [0.29, 0.717) is 33.8 Å². The Bertz CT molecular complexity index is 1350. The number of amidine groups is 1.